The van der Waals surface area contributed by atoms with Crippen LogP contribution in [0.3, 0.4) is 0 Å². The molecule has 1 atom stereocenters. The first-order valence-electron chi connectivity index (χ1n) is 6.46. The van der Waals surface area contributed by atoms with Crippen LogP contribution in [-0.2, 0) is 10.4 Å². The van der Waals surface area contributed by atoms with Crippen molar-refractivity contribution in [2.75, 3.05) is 7.05 Å². The summed E-state index contributed by atoms with van der Waals surface area (Å²) in [5.41, 5.74) is 2.10. The molecule has 0 amide bonds. The fourth-order valence-corrected chi connectivity index (χ4v) is 2.39. The smallest absolute Gasteiger partial charge is 0.153 e. The van der Waals surface area contributed by atoms with E-state index < -0.39 is 0 Å². The van der Waals surface area contributed by atoms with Crippen LogP contribution in [0.15, 0.2) is 66.7 Å². The van der Waals surface area contributed by atoms with E-state index in [-0.39, 0.29) is 5.54 Å². The molecule has 2 nitrogen and oxygen atoms in total. The molecule has 1 aliphatic heterocycles. The molecule has 0 bridgehead atoms. The number of hydrogen-bond donors (Lipinski definition) is 0. The van der Waals surface area contributed by atoms with Gasteiger partial charge in [0.2, 0.25) is 0 Å². The van der Waals surface area contributed by atoms with Crippen LogP contribution in [-0.4, -0.2) is 12.1 Å². The van der Waals surface area contributed by atoms with Gasteiger partial charge >= 0.3 is 0 Å². The lowest BCUT2D eigenvalue weighted by molar-refractivity contribution is -0.105. The third-order valence-corrected chi connectivity index (χ3v) is 3.72. The van der Waals surface area contributed by atoms with E-state index in [1.165, 1.54) is 5.56 Å². The first-order chi connectivity index (χ1) is 9.20. The molecule has 0 radical (unpaired) electrons. The summed E-state index contributed by atoms with van der Waals surface area (Å²) < 4.78 is 0. The Morgan fingerprint density at radius 3 is 2.11 bits per heavy atom. The molecule has 19 heavy (non-hydrogen) atoms. The Morgan fingerprint density at radius 1 is 0.895 bits per heavy atom. The van der Waals surface area contributed by atoms with Gasteiger partial charge in [-0.05, 0) is 18.6 Å². The number of nitrogens with zero attached hydrogens (tertiary/aromatic N) is 1. The highest BCUT2D eigenvalue weighted by molar-refractivity contribution is 5.63. The van der Waals surface area contributed by atoms with Gasteiger partial charge in [0.05, 0.1) is 0 Å². The van der Waals surface area contributed by atoms with E-state index in [4.69, 9.17) is 4.84 Å². The van der Waals surface area contributed by atoms with E-state index in [9.17, 15) is 0 Å². The summed E-state index contributed by atoms with van der Waals surface area (Å²) in [7, 11) is 1.97. The molecule has 0 aromatic heterocycles. The second kappa shape index (κ2) is 4.56. The second-order valence-electron chi connectivity index (χ2n) is 4.98. The van der Waals surface area contributed by atoms with Gasteiger partial charge in [-0.1, -0.05) is 60.7 Å². The predicted octanol–water partition coefficient (Wildman–Crippen LogP) is 3.82. The van der Waals surface area contributed by atoms with Crippen molar-refractivity contribution in [1.29, 1.82) is 0 Å². The van der Waals surface area contributed by atoms with Crippen molar-refractivity contribution < 1.29 is 4.84 Å². The highest BCUT2D eigenvalue weighted by Crippen LogP contribution is 2.39. The molecule has 0 N–H and O–H groups in total. The predicted molar refractivity (Wildman–Crippen MR) is 77.1 cm³/mol. The van der Waals surface area contributed by atoms with Crippen LogP contribution in [0.5, 0.6) is 0 Å². The molecule has 1 unspecified atom stereocenters. The van der Waals surface area contributed by atoms with Gasteiger partial charge in [-0.25, -0.2) is 0 Å². The Kier molecular flexibility index (Phi) is 2.88. The lowest BCUT2D eigenvalue weighted by Gasteiger charge is -2.29. The maximum atomic E-state index is 5.91. The van der Waals surface area contributed by atoms with E-state index in [0.717, 1.165) is 11.3 Å². The molecule has 1 aliphatic rings. The third kappa shape index (κ3) is 2.04. The van der Waals surface area contributed by atoms with E-state index in [1.807, 2.05) is 36.4 Å². The summed E-state index contributed by atoms with van der Waals surface area (Å²) in [5.74, 6) is 0.912. The molecule has 0 saturated heterocycles. The Morgan fingerprint density at radius 2 is 1.47 bits per heavy atom. The molecule has 2 aromatic carbocycles. The number of hydrogen-bond acceptors (Lipinski definition) is 2. The average molecular weight is 251 g/mol. The summed E-state index contributed by atoms with van der Waals surface area (Å²) >= 11 is 0. The first-order valence-corrected chi connectivity index (χ1v) is 6.46. The summed E-state index contributed by atoms with van der Waals surface area (Å²) in [4.78, 5) is 5.91. The van der Waals surface area contributed by atoms with E-state index >= 15 is 0 Å². The fraction of sp³-hybridized carbons (Fsp3) is 0.176. The molecule has 3 rings (SSSR count). The summed E-state index contributed by atoms with van der Waals surface area (Å²) in [5, 5.41) is 1.91. The molecular weight excluding hydrogens is 234 g/mol. The van der Waals surface area contributed by atoms with Gasteiger partial charge in [-0.3, -0.25) is 0 Å². The average Bonchev–Trinajstić information content (AvgIpc) is 2.78. The van der Waals surface area contributed by atoms with Crippen LogP contribution >= 0.6 is 0 Å². The lowest BCUT2D eigenvalue weighted by Crippen LogP contribution is -2.34. The van der Waals surface area contributed by atoms with E-state index in [2.05, 4.69) is 49.4 Å². The number of likely N-dealkylation sites (N-methyl/N-ethyl adjacent to an activating group) is 1. The van der Waals surface area contributed by atoms with Crippen LogP contribution in [0.25, 0.3) is 5.76 Å². The highest BCUT2D eigenvalue weighted by Gasteiger charge is 2.37. The van der Waals surface area contributed by atoms with Crippen molar-refractivity contribution in [3.05, 3.63) is 77.9 Å². The van der Waals surface area contributed by atoms with Crippen LogP contribution in [0.4, 0.5) is 0 Å². The van der Waals surface area contributed by atoms with Crippen LogP contribution in [0, 0.1) is 0 Å². The van der Waals surface area contributed by atoms with Crippen LogP contribution in [0.2, 0.25) is 0 Å². The number of hydroxylamine groups is 2. The third-order valence-electron chi connectivity index (χ3n) is 3.72. The topological polar surface area (TPSA) is 12.5 Å². The first kappa shape index (κ1) is 12.0. The van der Waals surface area contributed by atoms with Crippen molar-refractivity contribution in [2.45, 2.75) is 12.5 Å². The van der Waals surface area contributed by atoms with Gasteiger partial charge in [0, 0.05) is 12.6 Å². The van der Waals surface area contributed by atoms with Crippen LogP contribution in [0.1, 0.15) is 18.1 Å². The van der Waals surface area contributed by atoms with Gasteiger partial charge < -0.3 is 4.84 Å². The maximum Gasteiger partial charge on any atom is 0.153 e. The molecule has 0 spiro atoms. The van der Waals surface area contributed by atoms with Gasteiger partial charge in [-0.15, -0.1) is 5.06 Å². The Bertz CT molecular complexity index is 591. The van der Waals surface area contributed by atoms with Crippen molar-refractivity contribution in [1.82, 2.24) is 5.06 Å². The molecular formula is C17H17NO. The summed E-state index contributed by atoms with van der Waals surface area (Å²) in [6, 6.07) is 20.6. The van der Waals surface area contributed by atoms with Crippen molar-refractivity contribution in [3.8, 4) is 0 Å². The van der Waals surface area contributed by atoms with Crippen molar-refractivity contribution in [2.24, 2.45) is 0 Å². The molecule has 2 heteroatoms. The minimum absolute atomic E-state index is 0.230. The number of benzene rings is 2. The minimum atomic E-state index is -0.230. The van der Waals surface area contributed by atoms with Gasteiger partial charge in [0.1, 0.15) is 5.54 Å². The second-order valence-corrected chi connectivity index (χ2v) is 4.98. The lowest BCUT2D eigenvalue weighted by atomic mass is 9.91. The van der Waals surface area contributed by atoms with Crippen molar-refractivity contribution in [3.63, 3.8) is 0 Å². The monoisotopic (exact) mass is 251 g/mol. The zero-order chi connectivity index (χ0) is 13.3. The molecule has 96 valence electrons. The summed E-state index contributed by atoms with van der Waals surface area (Å²) in [6.45, 7) is 2.16. The Labute approximate surface area is 113 Å². The Hall–Kier alpha value is -2.06. The van der Waals surface area contributed by atoms with Gasteiger partial charge in [0.15, 0.2) is 5.76 Å². The van der Waals surface area contributed by atoms with E-state index in [1.54, 1.807) is 0 Å². The van der Waals surface area contributed by atoms with Crippen LogP contribution < -0.4 is 0 Å². The van der Waals surface area contributed by atoms with E-state index in [0.29, 0.717) is 0 Å². The largest absolute Gasteiger partial charge is 0.405 e. The molecule has 2 aromatic rings. The summed E-state index contributed by atoms with van der Waals surface area (Å²) in [6.07, 6.45) is 2.18. The molecule has 1 heterocycles. The van der Waals surface area contributed by atoms with Crippen molar-refractivity contribution >= 4 is 5.76 Å². The zero-order valence-electron chi connectivity index (χ0n) is 11.2. The zero-order valence-corrected chi connectivity index (χ0v) is 11.2. The number of rotatable bonds is 2. The Balaban J connectivity index is 2.02. The minimum Gasteiger partial charge on any atom is -0.405 e. The molecule has 0 aliphatic carbocycles. The maximum absolute atomic E-state index is 5.91. The SMILES string of the molecule is CN1OC(c2ccccc2)=CC1(C)c1ccccc1. The quantitative estimate of drug-likeness (QED) is 0.804. The normalized spacial score (nSPS) is 22.9. The molecule has 0 fully saturated rings. The van der Waals surface area contributed by atoms with Gasteiger partial charge in [-0.2, -0.15) is 0 Å². The standard InChI is InChI=1S/C17H17NO/c1-17(15-11-7-4-8-12-15)13-16(19-18(17)2)14-9-5-3-6-10-14/h3-13H,1-2H3. The van der Waals surface area contributed by atoms with Gasteiger partial charge in [0.25, 0.3) is 0 Å². The molecule has 0 saturated carbocycles. The highest BCUT2D eigenvalue weighted by atomic mass is 16.7. The fourth-order valence-electron chi connectivity index (χ4n) is 2.39.